The van der Waals surface area contributed by atoms with E-state index in [1.54, 1.807) is 18.6 Å². The topological polar surface area (TPSA) is 55.6 Å². The van der Waals surface area contributed by atoms with Crippen molar-refractivity contribution >= 4 is 33.3 Å². The van der Waals surface area contributed by atoms with Crippen molar-refractivity contribution in [2.45, 2.75) is 13.0 Å². The average molecular weight is 317 g/mol. The van der Waals surface area contributed by atoms with Gasteiger partial charge in [0.15, 0.2) is 5.82 Å². The molecule has 1 N–H and O–H groups in total. The van der Waals surface area contributed by atoms with Crippen LogP contribution in [0.25, 0.3) is 0 Å². The molecule has 0 aliphatic carbocycles. The molecule has 1 atom stereocenters. The van der Waals surface area contributed by atoms with Gasteiger partial charge in [-0.1, -0.05) is 11.6 Å². The Hall–Kier alpha value is -1.14. The first-order chi connectivity index (χ1) is 8.08. The number of nitrogens with one attached hydrogen (secondary N) is 1. The van der Waals surface area contributed by atoms with Gasteiger partial charge in [-0.15, -0.1) is 10.2 Å². The molecule has 0 spiro atoms. The standard InChI is InChI=1S/C10H11BrClN5/c1-6(10-16-14-5-17(10)2)15-9-8(12)3-7(11)4-13-9/h3-6H,1-2H3,(H,13,15). The molecular weight excluding hydrogens is 306 g/mol. The van der Waals surface area contributed by atoms with Crippen LogP contribution in [-0.2, 0) is 7.05 Å². The molecule has 0 amide bonds. The van der Waals surface area contributed by atoms with Crippen molar-refractivity contribution in [1.29, 1.82) is 0 Å². The molecule has 0 saturated carbocycles. The highest BCUT2D eigenvalue weighted by atomic mass is 79.9. The zero-order valence-corrected chi connectivity index (χ0v) is 11.7. The van der Waals surface area contributed by atoms with E-state index in [2.05, 4.69) is 36.4 Å². The molecule has 0 fully saturated rings. The Morgan fingerprint density at radius 2 is 2.29 bits per heavy atom. The highest BCUT2D eigenvalue weighted by molar-refractivity contribution is 9.10. The Morgan fingerprint density at radius 3 is 2.88 bits per heavy atom. The van der Waals surface area contributed by atoms with E-state index in [4.69, 9.17) is 11.6 Å². The minimum atomic E-state index is -0.0197. The van der Waals surface area contributed by atoms with Crippen molar-refractivity contribution in [1.82, 2.24) is 19.7 Å². The third-order valence-corrected chi connectivity index (χ3v) is 3.02. The van der Waals surface area contributed by atoms with Crippen molar-refractivity contribution in [3.05, 3.63) is 33.9 Å². The Balaban J connectivity index is 2.19. The largest absolute Gasteiger partial charge is 0.359 e. The number of hydrogen-bond donors (Lipinski definition) is 1. The van der Waals surface area contributed by atoms with Crippen LogP contribution in [0, 0.1) is 0 Å². The lowest BCUT2D eigenvalue weighted by atomic mass is 10.3. The molecular formula is C10H11BrClN5. The second kappa shape index (κ2) is 5.01. The van der Waals surface area contributed by atoms with E-state index in [1.807, 2.05) is 18.5 Å². The van der Waals surface area contributed by atoms with E-state index >= 15 is 0 Å². The fraction of sp³-hybridized carbons (Fsp3) is 0.300. The average Bonchev–Trinajstić information content (AvgIpc) is 2.68. The zero-order valence-electron chi connectivity index (χ0n) is 9.35. The molecule has 0 aliphatic heterocycles. The van der Waals surface area contributed by atoms with Gasteiger partial charge in [-0.05, 0) is 28.9 Å². The van der Waals surface area contributed by atoms with Crippen LogP contribution in [0.2, 0.25) is 5.02 Å². The SMILES string of the molecule is CC(Nc1ncc(Br)cc1Cl)c1nncn1C. The van der Waals surface area contributed by atoms with Crippen LogP contribution in [0.4, 0.5) is 5.82 Å². The molecule has 0 aliphatic rings. The van der Waals surface area contributed by atoms with Gasteiger partial charge in [-0.3, -0.25) is 0 Å². The summed E-state index contributed by atoms with van der Waals surface area (Å²) in [6, 6.07) is 1.77. The first kappa shape index (κ1) is 12.3. The summed E-state index contributed by atoms with van der Waals surface area (Å²) in [6.07, 6.45) is 3.35. The fourth-order valence-electron chi connectivity index (χ4n) is 1.47. The van der Waals surface area contributed by atoms with E-state index in [9.17, 15) is 0 Å². The summed E-state index contributed by atoms with van der Waals surface area (Å²) >= 11 is 9.39. The summed E-state index contributed by atoms with van der Waals surface area (Å²) in [6.45, 7) is 1.98. The molecule has 2 aromatic heterocycles. The Bertz CT molecular complexity index is 527. The van der Waals surface area contributed by atoms with Crippen LogP contribution in [0.3, 0.4) is 0 Å². The van der Waals surface area contributed by atoms with Gasteiger partial charge in [0.05, 0.1) is 11.1 Å². The lowest BCUT2D eigenvalue weighted by molar-refractivity contribution is 0.716. The molecule has 17 heavy (non-hydrogen) atoms. The number of rotatable bonds is 3. The first-order valence-corrected chi connectivity index (χ1v) is 6.16. The van der Waals surface area contributed by atoms with Crippen molar-refractivity contribution in [3.63, 3.8) is 0 Å². The molecule has 0 aromatic carbocycles. The maximum Gasteiger partial charge on any atom is 0.154 e. The number of pyridine rings is 1. The van der Waals surface area contributed by atoms with E-state index < -0.39 is 0 Å². The lowest BCUT2D eigenvalue weighted by Crippen LogP contribution is -2.13. The van der Waals surface area contributed by atoms with Crippen LogP contribution in [0.15, 0.2) is 23.1 Å². The Labute approximate surface area is 112 Å². The van der Waals surface area contributed by atoms with Gasteiger partial charge in [0.2, 0.25) is 0 Å². The van der Waals surface area contributed by atoms with E-state index in [1.165, 1.54) is 0 Å². The van der Waals surface area contributed by atoms with E-state index in [0.29, 0.717) is 10.8 Å². The number of aryl methyl sites for hydroxylation is 1. The van der Waals surface area contributed by atoms with E-state index in [0.717, 1.165) is 10.3 Å². The maximum atomic E-state index is 6.08. The summed E-state index contributed by atoms with van der Waals surface area (Å²) < 4.78 is 2.70. The number of hydrogen-bond acceptors (Lipinski definition) is 4. The van der Waals surface area contributed by atoms with Crippen molar-refractivity contribution in [3.8, 4) is 0 Å². The van der Waals surface area contributed by atoms with Gasteiger partial charge in [0.1, 0.15) is 12.1 Å². The number of halogens is 2. The highest BCUT2D eigenvalue weighted by Crippen LogP contribution is 2.25. The number of anilines is 1. The normalized spacial score (nSPS) is 12.5. The molecule has 2 aromatic rings. The lowest BCUT2D eigenvalue weighted by Gasteiger charge is -2.14. The summed E-state index contributed by atoms with van der Waals surface area (Å²) in [5, 5.41) is 11.6. The monoisotopic (exact) mass is 315 g/mol. The minimum Gasteiger partial charge on any atom is -0.359 e. The van der Waals surface area contributed by atoms with Gasteiger partial charge >= 0.3 is 0 Å². The molecule has 2 rings (SSSR count). The van der Waals surface area contributed by atoms with E-state index in [-0.39, 0.29) is 6.04 Å². The van der Waals surface area contributed by atoms with Crippen LogP contribution >= 0.6 is 27.5 Å². The predicted molar refractivity (Wildman–Crippen MR) is 70.0 cm³/mol. The van der Waals surface area contributed by atoms with Gasteiger partial charge in [-0.25, -0.2) is 4.98 Å². The quantitative estimate of drug-likeness (QED) is 0.946. The predicted octanol–water partition coefficient (Wildman–Crippen LogP) is 2.80. The molecule has 1 unspecified atom stereocenters. The van der Waals surface area contributed by atoms with Crippen molar-refractivity contribution in [2.24, 2.45) is 7.05 Å². The summed E-state index contributed by atoms with van der Waals surface area (Å²) in [7, 11) is 1.89. The Morgan fingerprint density at radius 1 is 1.53 bits per heavy atom. The second-order valence-corrected chi connectivity index (χ2v) is 4.97. The number of aromatic nitrogens is 4. The van der Waals surface area contributed by atoms with Crippen LogP contribution in [0.5, 0.6) is 0 Å². The van der Waals surface area contributed by atoms with Gasteiger partial charge < -0.3 is 9.88 Å². The highest BCUT2D eigenvalue weighted by Gasteiger charge is 2.13. The second-order valence-electron chi connectivity index (χ2n) is 3.65. The van der Waals surface area contributed by atoms with Gasteiger partial charge in [-0.2, -0.15) is 0 Å². The summed E-state index contributed by atoms with van der Waals surface area (Å²) in [4.78, 5) is 4.21. The molecule has 0 bridgehead atoms. The summed E-state index contributed by atoms with van der Waals surface area (Å²) in [5.41, 5.74) is 0. The molecule has 7 heteroatoms. The molecule has 5 nitrogen and oxygen atoms in total. The molecule has 0 radical (unpaired) electrons. The van der Waals surface area contributed by atoms with Gasteiger partial charge in [0.25, 0.3) is 0 Å². The molecule has 90 valence electrons. The third-order valence-electron chi connectivity index (χ3n) is 2.29. The fourth-order valence-corrected chi connectivity index (χ4v) is 2.16. The first-order valence-electron chi connectivity index (χ1n) is 4.99. The Kier molecular flexibility index (Phi) is 3.63. The van der Waals surface area contributed by atoms with Crippen molar-refractivity contribution in [2.75, 3.05) is 5.32 Å². The molecule has 2 heterocycles. The van der Waals surface area contributed by atoms with Crippen LogP contribution in [0.1, 0.15) is 18.8 Å². The summed E-state index contributed by atoms with van der Waals surface area (Å²) in [5.74, 6) is 1.45. The smallest absolute Gasteiger partial charge is 0.154 e. The number of nitrogens with zero attached hydrogens (tertiary/aromatic N) is 4. The molecule has 0 saturated heterocycles. The minimum absolute atomic E-state index is 0.0197. The van der Waals surface area contributed by atoms with Crippen LogP contribution < -0.4 is 5.32 Å². The van der Waals surface area contributed by atoms with Crippen LogP contribution in [-0.4, -0.2) is 19.7 Å². The maximum absolute atomic E-state index is 6.08. The van der Waals surface area contributed by atoms with Gasteiger partial charge in [0, 0.05) is 17.7 Å². The third kappa shape index (κ3) is 2.76. The van der Waals surface area contributed by atoms with Crippen molar-refractivity contribution < 1.29 is 0 Å². The zero-order chi connectivity index (χ0) is 12.4.